The van der Waals surface area contributed by atoms with Crippen molar-refractivity contribution in [1.29, 1.82) is 0 Å². The van der Waals surface area contributed by atoms with E-state index in [1.54, 1.807) is 18.3 Å². The Morgan fingerprint density at radius 1 is 1.13 bits per heavy atom. The summed E-state index contributed by atoms with van der Waals surface area (Å²) in [5.41, 5.74) is 2.80. The van der Waals surface area contributed by atoms with E-state index in [1.165, 1.54) is 3.97 Å². The van der Waals surface area contributed by atoms with Gasteiger partial charge in [0.2, 0.25) is 0 Å². The largest absolute Gasteiger partial charge is 0.268 e. The zero-order valence-corrected chi connectivity index (χ0v) is 17.0. The van der Waals surface area contributed by atoms with Gasteiger partial charge in [-0.1, -0.05) is 62.3 Å². The van der Waals surface area contributed by atoms with Gasteiger partial charge in [-0.2, -0.15) is 0 Å². The maximum atomic E-state index is 13.0. The summed E-state index contributed by atoms with van der Waals surface area (Å²) in [5.74, 6) is 0. The van der Waals surface area contributed by atoms with Crippen molar-refractivity contribution in [3.63, 3.8) is 0 Å². The number of rotatable bonds is 4. The molecular weight excluding hydrogens is 489 g/mol. The lowest BCUT2D eigenvalue weighted by atomic mass is 10.1. The molecule has 0 unspecified atom stereocenters. The SMILES string of the molecule is Cc1ccc(S(=O)(=O)n2cc(CCI)c3ccc(Br)cc32)cc1. The van der Waals surface area contributed by atoms with Gasteiger partial charge in [-0.05, 0) is 43.2 Å². The van der Waals surface area contributed by atoms with Crippen molar-refractivity contribution in [3.8, 4) is 0 Å². The number of alkyl halides is 1. The Hall–Kier alpha value is -0.860. The van der Waals surface area contributed by atoms with Gasteiger partial charge in [0.25, 0.3) is 10.0 Å². The molecule has 0 amide bonds. The van der Waals surface area contributed by atoms with Crippen LogP contribution in [0, 0.1) is 6.92 Å². The van der Waals surface area contributed by atoms with E-state index in [0.29, 0.717) is 10.4 Å². The smallest absolute Gasteiger partial charge is 0.241 e. The van der Waals surface area contributed by atoms with Crippen LogP contribution in [-0.4, -0.2) is 16.8 Å². The van der Waals surface area contributed by atoms with Gasteiger partial charge in [-0.15, -0.1) is 0 Å². The number of hydrogen-bond donors (Lipinski definition) is 0. The van der Waals surface area contributed by atoms with Crippen LogP contribution in [0.4, 0.5) is 0 Å². The van der Waals surface area contributed by atoms with Crippen molar-refractivity contribution >= 4 is 59.4 Å². The normalized spacial score (nSPS) is 12.0. The van der Waals surface area contributed by atoms with Crippen LogP contribution in [0.2, 0.25) is 0 Å². The second-order valence-corrected chi connectivity index (χ2v) is 9.18. The summed E-state index contributed by atoms with van der Waals surface area (Å²) in [6.45, 7) is 1.94. The summed E-state index contributed by atoms with van der Waals surface area (Å²) in [4.78, 5) is 0.306. The molecule has 3 rings (SSSR count). The Labute approximate surface area is 158 Å². The highest BCUT2D eigenvalue weighted by Crippen LogP contribution is 2.29. The third kappa shape index (κ3) is 3.21. The van der Waals surface area contributed by atoms with Crippen LogP contribution in [0.1, 0.15) is 11.1 Å². The van der Waals surface area contributed by atoms with Crippen molar-refractivity contribution in [2.24, 2.45) is 0 Å². The molecule has 0 aliphatic heterocycles. The van der Waals surface area contributed by atoms with Gasteiger partial charge in [0, 0.05) is 20.5 Å². The Morgan fingerprint density at radius 3 is 2.48 bits per heavy atom. The number of aryl methyl sites for hydroxylation is 2. The predicted molar refractivity (Wildman–Crippen MR) is 106 cm³/mol. The zero-order chi connectivity index (χ0) is 16.6. The topological polar surface area (TPSA) is 39.1 Å². The Morgan fingerprint density at radius 2 is 1.83 bits per heavy atom. The fourth-order valence-electron chi connectivity index (χ4n) is 2.56. The molecule has 23 heavy (non-hydrogen) atoms. The number of aromatic nitrogens is 1. The number of benzene rings is 2. The van der Waals surface area contributed by atoms with Gasteiger partial charge in [0.05, 0.1) is 10.4 Å². The average Bonchev–Trinajstić information content (AvgIpc) is 2.87. The van der Waals surface area contributed by atoms with E-state index in [0.717, 1.165) is 31.8 Å². The fraction of sp³-hybridized carbons (Fsp3) is 0.176. The van der Waals surface area contributed by atoms with E-state index >= 15 is 0 Å². The summed E-state index contributed by atoms with van der Waals surface area (Å²) in [6.07, 6.45) is 2.60. The molecule has 1 aromatic heterocycles. The first-order valence-corrected chi connectivity index (χ1v) is 10.9. The summed E-state index contributed by atoms with van der Waals surface area (Å²) in [5, 5.41) is 0.987. The van der Waals surface area contributed by atoms with Gasteiger partial charge in [0.1, 0.15) is 0 Å². The van der Waals surface area contributed by atoms with Crippen molar-refractivity contribution in [2.75, 3.05) is 4.43 Å². The van der Waals surface area contributed by atoms with E-state index in [1.807, 2.05) is 37.3 Å². The number of halogens is 2. The molecule has 0 N–H and O–H groups in total. The number of nitrogens with zero attached hydrogens (tertiary/aromatic N) is 1. The van der Waals surface area contributed by atoms with Crippen LogP contribution in [-0.2, 0) is 16.4 Å². The van der Waals surface area contributed by atoms with Crippen LogP contribution in [0.3, 0.4) is 0 Å². The highest BCUT2D eigenvalue weighted by atomic mass is 127. The lowest BCUT2D eigenvalue weighted by molar-refractivity contribution is 0.589. The van der Waals surface area contributed by atoms with Crippen molar-refractivity contribution in [1.82, 2.24) is 3.97 Å². The third-order valence-electron chi connectivity index (χ3n) is 3.76. The lowest BCUT2D eigenvalue weighted by Crippen LogP contribution is -2.11. The highest BCUT2D eigenvalue weighted by Gasteiger charge is 2.21. The Bertz CT molecular complexity index is 962. The molecule has 3 nitrogen and oxygen atoms in total. The number of fused-ring (bicyclic) bond motifs is 1. The molecule has 120 valence electrons. The van der Waals surface area contributed by atoms with Crippen molar-refractivity contribution in [3.05, 3.63) is 64.3 Å². The lowest BCUT2D eigenvalue weighted by Gasteiger charge is -2.08. The summed E-state index contributed by atoms with van der Waals surface area (Å²) >= 11 is 5.75. The first-order valence-electron chi connectivity index (χ1n) is 7.11. The molecule has 6 heteroatoms. The van der Waals surface area contributed by atoms with E-state index < -0.39 is 10.0 Å². The van der Waals surface area contributed by atoms with Gasteiger partial charge < -0.3 is 0 Å². The van der Waals surface area contributed by atoms with Crippen LogP contribution in [0.5, 0.6) is 0 Å². The molecular formula is C17H15BrINO2S. The minimum Gasteiger partial charge on any atom is -0.241 e. The van der Waals surface area contributed by atoms with Crippen molar-refractivity contribution < 1.29 is 8.42 Å². The molecule has 1 heterocycles. The first kappa shape index (κ1) is 17.0. The van der Waals surface area contributed by atoms with Crippen molar-refractivity contribution in [2.45, 2.75) is 18.2 Å². The molecule has 0 atom stereocenters. The summed E-state index contributed by atoms with van der Waals surface area (Å²) in [6, 6.07) is 12.7. The van der Waals surface area contributed by atoms with Gasteiger partial charge in [-0.3, -0.25) is 0 Å². The zero-order valence-electron chi connectivity index (χ0n) is 12.5. The molecule has 2 aromatic carbocycles. The molecule has 0 fully saturated rings. The van der Waals surface area contributed by atoms with Crippen LogP contribution < -0.4 is 0 Å². The number of hydrogen-bond acceptors (Lipinski definition) is 2. The van der Waals surface area contributed by atoms with Crippen LogP contribution in [0.25, 0.3) is 10.9 Å². The molecule has 0 saturated carbocycles. The second-order valence-electron chi connectivity index (χ2n) is 5.37. The quantitative estimate of drug-likeness (QED) is 0.374. The van der Waals surface area contributed by atoms with Crippen LogP contribution in [0.15, 0.2) is 58.0 Å². The minimum atomic E-state index is -3.60. The molecule has 3 aromatic rings. The Kier molecular flexibility index (Phi) is 4.85. The third-order valence-corrected chi connectivity index (χ3v) is 6.48. The fourth-order valence-corrected chi connectivity index (χ4v) is 4.88. The molecule has 0 spiro atoms. The Balaban J connectivity index is 2.26. The van der Waals surface area contributed by atoms with Crippen LogP contribution >= 0.6 is 38.5 Å². The molecule has 0 bridgehead atoms. The average molecular weight is 504 g/mol. The molecule has 0 radical (unpaired) electrons. The maximum absolute atomic E-state index is 13.0. The predicted octanol–water partition coefficient (Wildman–Crippen LogP) is 4.93. The molecule has 0 aliphatic rings. The van der Waals surface area contributed by atoms with E-state index in [2.05, 4.69) is 38.5 Å². The minimum absolute atomic E-state index is 0.306. The second kappa shape index (κ2) is 6.57. The first-order chi connectivity index (χ1) is 10.9. The summed E-state index contributed by atoms with van der Waals surface area (Å²) < 4.78 is 29.3. The molecule has 0 saturated heterocycles. The highest BCUT2D eigenvalue weighted by molar-refractivity contribution is 14.1. The van der Waals surface area contributed by atoms with E-state index in [4.69, 9.17) is 0 Å². The van der Waals surface area contributed by atoms with Gasteiger partial charge >= 0.3 is 0 Å². The van der Waals surface area contributed by atoms with E-state index in [-0.39, 0.29) is 0 Å². The van der Waals surface area contributed by atoms with E-state index in [9.17, 15) is 8.42 Å². The molecule has 0 aliphatic carbocycles. The maximum Gasteiger partial charge on any atom is 0.268 e. The standard InChI is InChI=1S/C17H15BrINO2S/c1-12-2-5-15(6-3-12)23(21,22)20-11-13(8-9-19)16-7-4-14(18)10-17(16)20/h2-7,10-11H,8-9H2,1H3. The monoisotopic (exact) mass is 503 g/mol. The summed E-state index contributed by atoms with van der Waals surface area (Å²) in [7, 11) is -3.60. The van der Waals surface area contributed by atoms with Gasteiger partial charge in [0.15, 0.2) is 0 Å². The van der Waals surface area contributed by atoms with Gasteiger partial charge in [-0.25, -0.2) is 12.4 Å².